The molecule has 0 spiro atoms. The van der Waals surface area contributed by atoms with Crippen molar-refractivity contribution in [2.45, 2.75) is 58.0 Å². The van der Waals surface area contributed by atoms with Crippen molar-refractivity contribution in [3.63, 3.8) is 0 Å². The monoisotopic (exact) mass is 156 g/mol. The quantitative estimate of drug-likeness (QED) is 0.609. The van der Waals surface area contributed by atoms with Gasteiger partial charge in [0.15, 0.2) is 0 Å². The van der Waals surface area contributed by atoms with Crippen molar-refractivity contribution in [1.82, 2.24) is 0 Å². The summed E-state index contributed by atoms with van der Waals surface area (Å²) in [4.78, 5) is 0. The smallest absolute Gasteiger partial charge is 0.0568 e. The molecular formula is C10H20O. The maximum Gasteiger partial charge on any atom is 0.0568 e. The first-order valence-corrected chi connectivity index (χ1v) is 5.02. The second-order valence-corrected chi connectivity index (χ2v) is 3.75. The van der Waals surface area contributed by atoms with Crippen LogP contribution in [0.2, 0.25) is 0 Å². The summed E-state index contributed by atoms with van der Waals surface area (Å²) in [5.41, 5.74) is 0. The van der Waals surface area contributed by atoms with Crippen molar-refractivity contribution in [1.29, 1.82) is 0 Å². The average molecular weight is 156 g/mol. The lowest BCUT2D eigenvalue weighted by molar-refractivity contribution is 0.0954. The van der Waals surface area contributed by atoms with Gasteiger partial charge in [0.05, 0.1) is 6.10 Å². The SMILES string of the molecule is CCC[C@@H]1CCCCC[C@H]1O. The minimum Gasteiger partial charge on any atom is -0.393 e. The van der Waals surface area contributed by atoms with Crippen molar-refractivity contribution in [3.05, 3.63) is 0 Å². The maximum atomic E-state index is 9.68. The second kappa shape index (κ2) is 4.76. The standard InChI is InChI=1S/C10H20O/c1-2-6-9-7-4-3-5-8-10(9)11/h9-11H,2-8H2,1H3/t9-,10-/m1/s1. The molecule has 0 heterocycles. The number of aliphatic hydroxyl groups is 1. The summed E-state index contributed by atoms with van der Waals surface area (Å²) in [7, 11) is 0. The number of aliphatic hydroxyl groups excluding tert-OH is 1. The van der Waals surface area contributed by atoms with Crippen molar-refractivity contribution in [2.75, 3.05) is 0 Å². The van der Waals surface area contributed by atoms with E-state index in [0.717, 1.165) is 6.42 Å². The minimum atomic E-state index is 0.0115. The molecule has 1 saturated carbocycles. The third kappa shape index (κ3) is 2.82. The number of hydrogen-bond donors (Lipinski definition) is 1. The van der Waals surface area contributed by atoms with Crippen molar-refractivity contribution in [3.8, 4) is 0 Å². The van der Waals surface area contributed by atoms with Gasteiger partial charge in [-0.25, -0.2) is 0 Å². The van der Waals surface area contributed by atoms with E-state index in [-0.39, 0.29) is 6.10 Å². The molecule has 1 aliphatic carbocycles. The topological polar surface area (TPSA) is 20.2 Å². The van der Waals surface area contributed by atoms with E-state index in [1.54, 1.807) is 0 Å². The fourth-order valence-corrected chi connectivity index (χ4v) is 2.07. The molecule has 0 bridgehead atoms. The Morgan fingerprint density at radius 2 is 1.91 bits per heavy atom. The molecule has 0 aromatic carbocycles. The second-order valence-electron chi connectivity index (χ2n) is 3.75. The molecule has 2 atom stereocenters. The lowest BCUT2D eigenvalue weighted by atomic mass is 9.93. The molecule has 66 valence electrons. The molecule has 1 nitrogen and oxygen atoms in total. The van der Waals surface area contributed by atoms with E-state index in [9.17, 15) is 5.11 Å². The molecule has 0 aromatic rings. The fraction of sp³-hybridized carbons (Fsp3) is 1.00. The van der Waals surface area contributed by atoms with Crippen LogP contribution in [0.25, 0.3) is 0 Å². The molecule has 0 unspecified atom stereocenters. The first kappa shape index (κ1) is 9.05. The Morgan fingerprint density at radius 3 is 2.64 bits per heavy atom. The van der Waals surface area contributed by atoms with Crippen LogP contribution in [-0.2, 0) is 0 Å². The van der Waals surface area contributed by atoms with Gasteiger partial charge in [-0.2, -0.15) is 0 Å². The molecule has 1 N–H and O–H groups in total. The summed E-state index contributed by atoms with van der Waals surface area (Å²) >= 11 is 0. The van der Waals surface area contributed by atoms with Crippen LogP contribution in [-0.4, -0.2) is 11.2 Å². The molecule has 0 radical (unpaired) electrons. The van der Waals surface area contributed by atoms with Gasteiger partial charge in [0.1, 0.15) is 0 Å². The zero-order valence-electron chi connectivity index (χ0n) is 7.55. The van der Waals surface area contributed by atoms with E-state index in [1.165, 1.54) is 38.5 Å². The largest absolute Gasteiger partial charge is 0.393 e. The zero-order chi connectivity index (χ0) is 8.10. The van der Waals surface area contributed by atoms with Gasteiger partial charge in [0.2, 0.25) is 0 Å². The minimum absolute atomic E-state index is 0.0115. The Hall–Kier alpha value is -0.0400. The third-order valence-electron chi connectivity index (χ3n) is 2.78. The van der Waals surface area contributed by atoms with Gasteiger partial charge in [0.25, 0.3) is 0 Å². The number of hydrogen-bond acceptors (Lipinski definition) is 1. The molecule has 0 aromatic heterocycles. The number of rotatable bonds is 2. The Bertz CT molecular complexity index is 101. The van der Waals surface area contributed by atoms with Gasteiger partial charge in [-0.3, -0.25) is 0 Å². The molecule has 1 aliphatic rings. The van der Waals surface area contributed by atoms with Gasteiger partial charge in [-0.1, -0.05) is 32.6 Å². The summed E-state index contributed by atoms with van der Waals surface area (Å²) in [6.07, 6.45) is 8.67. The average Bonchev–Trinajstić information content (AvgIpc) is 2.18. The fourth-order valence-electron chi connectivity index (χ4n) is 2.07. The van der Waals surface area contributed by atoms with Gasteiger partial charge in [-0.15, -0.1) is 0 Å². The summed E-state index contributed by atoms with van der Waals surface area (Å²) in [6, 6.07) is 0. The molecule has 11 heavy (non-hydrogen) atoms. The van der Waals surface area contributed by atoms with Gasteiger partial charge >= 0.3 is 0 Å². The van der Waals surface area contributed by atoms with E-state index >= 15 is 0 Å². The molecule has 0 aliphatic heterocycles. The van der Waals surface area contributed by atoms with Gasteiger partial charge < -0.3 is 5.11 Å². The van der Waals surface area contributed by atoms with E-state index in [1.807, 2.05) is 0 Å². The summed E-state index contributed by atoms with van der Waals surface area (Å²) < 4.78 is 0. The molecule has 1 fully saturated rings. The summed E-state index contributed by atoms with van der Waals surface area (Å²) in [5.74, 6) is 0.613. The Morgan fingerprint density at radius 1 is 1.18 bits per heavy atom. The lowest BCUT2D eigenvalue weighted by Gasteiger charge is -2.18. The lowest BCUT2D eigenvalue weighted by Crippen LogP contribution is -2.18. The Balaban J connectivity index is 2.32. The molecule has 1 rings (SSSR count). The first-order chi connectivity index (χ1) is 5.34. The molecule has 1 heteroatoms. The highest BCUT2D eigenvalue weighted by atomic mass is 16.3. The van der Waals surface area contributed by atoms with Crippen LogP contribution in [0.1, 0.15) is 51.9 Å². The van der Waals surface area contributed by atoms with Crippen LogP contribution in [0, 0.1) is 5.92 Å². The maximum absolute atomic E-state index is 9.68. The normalized spacial score (nSPS) is 33.3. The van der Waals surface area contributed by atoms with Crippen molar-refractivity contribution < 1.29 is 5.11 Å². The summed E-state index contributed by atoms with van der Waals surface area (Å²) in [5, 5.41) is 9.68. The van der Waals surface area contributed by atoms with Crippen LogP contribution in [0.3, 0.4) is 0 Å². The predicted molar refractivity (Wildman–Crippen MR) is 47.5 cm³/mol. The van der Waals surface area contributed by atoms with Crippen LogP contribution >= 0.6 is 0 Å². The van der Waals surface area contributed by atoms with E-state index < -0.39 is 0 Å². The highest BCUT2D eigenvalue weighted by molar-refractivity contribution is 4.72. The van der Waals surface area contributed by atoms with Crippen LogP contribution in [0.5, 0.6) is 0 Å². The molecular weight excluding hydrogens is 136 g/mol. The van der Waals surface area contributed by atoms with Gasteiger partial charge in [-0.05, 0) is 25.2 Å². The van der Waals surface area contributed by atoms with Gasteiger partial charge in [0, 0.05) is 0 Å². The highest BCUT2D eigenvalue weighted by Gasteiger charge is 2.19. The van der Waals surface area contributed by atoms with E-state index in [4.69, 9.17) is 0 Å². The Labute approximate surface area is 69.8 Å². The third-order valence-corrected chi connectivity index (χ3v) is 2.78. The van der Waals surface area contributed by atoms with Crippen LogP contribution in [0.4, 0.5) is 0 Å². The van der Waals surface area contributed by atoms with Crippen molar-refractivity contribution in [2.24, 2.45) is 5.92 Å². The Kier molecular flexibility index (Phi) is 3.92. The van der Waals surface area contributed by atoms with E-state index in [0.29, 0.717) is 5.92 Å². The first-order valence-electron chi connectivity index (χ1n) is 5.02. The molecule has 0 saturated heterocycles. The van der Waals surface area contributed by atoms with Crippen LogP contribution in [0.15, 0.2) is 0 Å². The zero-order valence-corrected chi connectivity index (χ0v) is 7.55. The van der Waals surface area contributed by atoms with E-state index in [2.05, 4.69) is 6.92 Å². The van der Waals surface area contributed by atoms with Crippen molar-refractivity contribution >= 4 is 0 Å². The molecule has 0 amide bonds. The van der Waals surface area contributed by atoms with Crippen LogP contribution < -0.4 is 0 Å². The highest BCUT2D eigenvalue weighted by Crippen LogP contribution is 2.26. The summed E-state index contributed by atoms with van der Waals surface area (Å²) in [6.45, 7) is 2.21. The predicted octanol–water partition coefficient (Wildman–Crippen LogP) is 2.73.